The fourth-order valence-corrected chi connectivity index (χ4v) is 2.31. The largest absolute Gasteiger partial charge is 0.481 e. The van der Waals surface area contributed by atoms with Gasteiger partial charge in [0.1, 0.15) is 0 Å². The van der Waals surface area contributed by atoms with E-state index in [0.29, 0.717) is 6.54 Å². The van der Waals surface area contributed by atoms with E-state index in [1.807, 2.05) is 31.8 Å². The summed E-state index contributed by atoms with van der Waals surface area (Å²) in [6.07, 6.45) is 2.59. The molecular formula is C12H19N3O2. The highest BCUT2D eigenvalue weighted by Crippen LogP contribution is 2.31. The van der Waals surface area contributed by atoms with E-state index >= 15 is 0 Å². The van der Waals surface area contributed by atoms with Gasteiger partial charge in [-0.15, -0.1) is 0 Å². The van der Waals surface area contributed by atoms with Crippen LogP contribution < -0.4 is 0 Å². The lowest BCUT2D eigenvalue weighted by atomic mass is 9.90. The van der Waals surface area contributed by atoms with Gasteiger partial charge in [-0.1, -0.05) is 0 Å². The normalized spacial score (nSPS) is 25.4. The van der Waals surface area contributed by atoms with E-state index in [-0.39, 0.29) is 0 Å². The van der Waals surface area contributed by atoms with Crippen LogP contribution in [0.2, 0.25) is 0 Å². The zero-order valence-corrected chi connectivity index (χ0v) is 10.6. The van der Waals surface area contributed by atoms with Crippen LogP contribution in [0, 0.1) is 12.3 Å². The van der Waals surface area contributed by atoms with Crippen LogP contribution in [0.3, 0.4) is 0 Å². The van der Waals surface area contributed by atoms with Crippen molar-refractivity contribution in [1.82, 2.24) is 14.7 Å². The van der Waals surface area contributed by atoms with E-state index < -0.39 is 11.4 Å². The lowest BCUT2D eigenvalue weighted by molar-refractivity contribution is -0.147. The number of aromatic nitrogens is 2. The molecule has 5 heteroatoms. The van der Waals surface area contributed by atoms with E-state index in [1.165, 1.54) is 5.56 Å². The zero-order chi connectivity index (χ0) is 12.6. The maximum absolute atomic E-state index is 11.1. The van der Waals surface area contributed by atoms with Crippen LogP contribution in [0.15, 0.2) is 6.20 Å². The molecule has 0 aliphatic carbocycles. The van der Waals surface area contributed by atoms with Crippen LogP contribution in [0.4, 0.5) is 0 Å². The Hall–Kier alpha value is -1.36. The standard InChI is InChI=1S/C12H19N3O2/c1-9-10(6-13-14(9)3)7-15-5-4-12(2,8-15)11(16)17/h6H,4-5,7-8H2,1-3H3,(H,16,17). The highest BCUT2D eigenvalue weighted by atomic mass is 16.4. The SMILES string of the molecule is Cc1c(CN2CCC(C)(C(=O)O)C2)cnn1C. The second-order valence-corrected chi connectivity index (χ2v) is 5.21. The maximum atomic E-state index is 11.1. The molecule has 17 heavy (non-hydrogen) atoms. The number of rotatable bonds is 3. The van der Waals surface area contributed by atoms with Crippen molar-refractivity contribution in [3.05, 3.63) is 17.5 Å². The Morgan fingerprint density at radius 1 is 1.65 bits per heavy atom. The molecule has 1 unspecified atom stereocenters. The van der Waals surface area contributed by atoms with Crippen molar-refractivity contribution >= 4 is 5.97 Å². The molecule has 1 aliphatic heterocycles. The molecule has 0 bridgehead atoms. The number of aliphatic carboxylic acids is 1. The minimum Gasteiger partial charge on any atom is -0.481 e. The summed E-state index contributed by atoms with van der Waals surface area (Å²) in [6.45, 7) is 6.12. The third kappa shape index (κ3) is 2.20. The number of carbonyl (C=O) groups is 1. The Morgan fingerprint density at radius 3 is 2.82 bits per heavy atom. The zero-order valence-electron chi connectivity index (χ0n) is 10.6. The van der Waals surface area contributed by atoms with Gasteiger partial charge in [0.25, 0.3) is 0 Å². The Kier molecular flexibility index (Phi) is 2.95. The molecule has 1 fully saturated rings. The molecular weight excluding hydrogens is 218 g/mol. The van der Waals surface area contributed by atoms with Crippen molar-refractivity contribution in [3.63, 3.8) is 0 Å². The molecule has 5 nitrogen and oxygen atoms in total. The summed E-state index contributed by atoms with van der Waals surface area (Å²) < 4.78 is 1.85. The summed E-state index contributed by atoms with van der Waals surface area (Å²) in [5, 5.41) is 13.4. The molecule has 2 rings (SSSR count). The van der Waals surface area contributed by atoms with Crippen molar-refractivity contribution in [2.75, 3.05) is 13.1 Å². The molecule has 1 atom stereocenters. The third-order valence-electron chi connectivity index (χ3n) is 3.80. The number of hydrogen-bond donors (Lipinski definition) is 1. The summed E-state index contributed by atoms with van der Waals surface area (Å²) in [5.74, 6) is -0.692. The van der Waals surface area contributed by atoms with Gasteiger partial charge in [0, 0.05) is 31.4 Å². The Morgan fingerprint density at radius 2 is 2.35 bits per heavy atom. The number of nitrogens with zero attached hydrogens (tertiary/aromatic N) is 3. The van der Waals surface area contributed by atoms with Crippen molar-refractivity contribution in [1.29, 1.82) is 0 Å². The topological polar surface area (TPSA) is 58.4 Å². The molecule has 1 N–H and O–H groups in total. The minimum atomic E-state index is -0.692. The van der Waals surface area contributed by atoms with Gasteiger partial charge in [-0.3, -0.25) is 14.4 Å². The molecule has 1 aromatic heterocycles. The number of carboxylic acids is 1. The van der Waals surface area contributed by atoms with Gasteiger partial charge in [-0.2, -0.15) is 5.10 Å². The van der Waals surface area contributed by atoms with Gasteiger partial charge in [-0.25, -0.2) is 0 Å². The first-order valence-electron chi connectivity index (χ1n) is 5.85. The van der Waals surface area contributed by atoms with Crippen molar-refractivity contribution in [3.8, 4) is 0 Å². The highest BCUT2D eigenvalue weighted by Gasteiger charge is 2.40. The van der Waals surface area contributed by atoms with Crippen LogP contribution >= 0.6 is 0 Å². The molecule has 0 saturated carbocycles. The summed E-state index contributed by atoms with van der Waals surface area (Å²) in [4.78, 5) is 13.3. The monoisotopic (exact) mass is 237 g/mol. The average molecular weight is 237 g/mol. The van der Waals surface area contributed by atoms with Crippen LogP contribution in [0.5, 0.6) is 0 Å². The van der Waals surface area contributed by atoms with Gasteiger partial charge >= 0.3 is 5.97 Å². The third-order valence-corrected chi connectivity index (χ3v) is 3.80. The fraction of sp³-hybridized carbons (Fsp3) is 0.667. The molecule has 2 heterocycles. The lowest BCUT2D eigenvalue weighted by Crippen LogP contribution is -2.31. The van der Waals surface area contributed by atoms with Crippen molar-refractivity contribution in [2.45, 2.75) is 26.8 Å². The molecule has 1 aliphatic rings. The van der Waals surface area contributed by atoms with Gasteiger partial charge in [0.2, 0.25) is 0 Å². The summed E-state index contributed by atoms with van der Waals surface area (Å²) in [6, 6.07) is 0. The number of carboxylic acid groups (broad SMARTS) is 1. The average Bonchev–Trinajstić information content (AvgIpc) is 2.78. The second kappa shape index (κ2) is 4.14. The fourth-order valence-electron chi connectivity index (χ4n) is 2.31. The van der Waals surface area contributed by atoms with Crippen molar-refractivity contribution < 1.29 is 9.90 Å². The maximum Gasteiger partial charge on any atom is 0.310 e. The quantitative estimate of drug-likeness (QED) is 0.853. The van der Waals surface area contributed by atoms with Crippen molar-refractivity contribution in [2.24, 2.45) is 12.5 Å². The minimum absolute atomic E-state index is 0.587. The van der Waals surface area contributed by atoms with Crippen LogP contribution in [-0.2, 0) is 18.4 Å². The molecule has 0 spiro atoms. The van der Waals surface area contributed by atoms with E-state index in [4.69, 9.17) is 0 Å². The molecule has 0 amide bonds. The Bertz CT molecular complexity index is 441. The molecule has 0 aromatic carbocycles. The van der Waals surface area contributed by atoms with Gasteiger partial charge in [0.05, 0.1) is 11.6 Å². The van der Waals surface area contributed by atoms with Gasteiger partial charge in [-0.05, 0) is 26.8 Å². The van der Waals surface area contributed by atoms with Crippen LogP contribution in [0.25, 0.3) is 0 Å². The van der Waals surface area contributed by atoms with Gasteiger partial charge < -0.3 is 5.11 Å². The van der Waals surface area contributed by atoms with E-state index in [9.17, 15) is 9.90 Å². The van der Waals surface area contributed by atoms with Crippen LogP contribution in [-0.4, -0.2) is 38.8 Å². The van der Waals surface area contributed by atoms with E-state index in [1.54, 1.807) is 0 Å². The number of hydrogen-bond acceptors (Lipinski definition) is 3. The highest BCUT2D eigenvalue weighted by molar-refractivity contribution is 5.74. The predicted octanol–water partition coefficient (Wildman–Crippen LogP) is 1.03. The van der Waals surface area contributed by atoms with E-state index in [0.717, 1.165) is 25.2 Å². The molecule has 0 radical (unpaired) electrons. The number of aryl methyl sites for hydroxylation is 1. The Balaban J connectivity index is 2.03. The first-order valence-corrected chi connectivity index (χ1v) is 5.85. The Labute approximate surface area is 101 Å². The lowest BCUT2D eigenvalue weighted by Gasteiger charge is -2.19. The first-order chi connectivity index (χ1) is 7.92. The predicted molar refractivity (Wildman–Crippen MR) is 63.6 cm³/mol. The molecule has 94 valence electrons. The summed E-state index contributed by atoms with van der Waals surface area (Å²) >= 11 is 0. The molecule has 1 aromatic rings. The van der Waals surface area contributed by atoms with Crippen LogP contribution in [0.1, 0.15) is 24.6 Å². The first kappa shape index (κ1) is 12.1. The second-order valence-electron chi connectivity index (χ2n) is 5.21. The summed E-state index contributed by atoms with van der Waals surface area (Å²) in [5.41, 5.74) is 1.74. The smallest absolute Gasteiger partial charge is 0.310 e. The molecule has 1 saturated heterocycles. The summed E-state index contributed by atoms with van der Waals surface area (Å²) in [7, 11) is 1.92. The van der Waals surface area contributed by atoms with E-state index in [2.05, 4.69) is 10.00 Å². The van der Waals surface area contributed by atoms with Gasteiger partial charge in [0.15, 0.2) is 0 Å². The number of likely N-dealkylation sites (tertiary alicyclic amines) is 1.